The minimum absolute atomic E-state index is 0.154. The third-order valence-electron chi connectivity index (χ3n) is 6.85. The third kappa shape index (κ3) is 4.03. The molecule has 2 atom stereocenters. The maximum atomic E-state index is 13.7. The molecule has 8 heteroatoms. The maximum absolute atomic E-state index is 13.7. The Morgan fingerprint density at radius 2 is 2.03 bits per heavy atom. The molecule has 1 aromatic carbocycles. The maximum Gasteiger partial charge on any atom is 0.258 e. The molecule has 0 unspecified atom stereocenters. The lowest BCUT2D eigenvalue weighted by atomic mass is 9.98. The van der Waals surface area contributed by atoms with Gasteiger partial charge in [0.2, 0.25) is 0 Å². The summed E-state index contributed by atoms with van der Waals surface area (Å²) in [5.41, 5.74) is 3.10. The molecule has 0 saturated carbocycles. The van der Waals surface area contributed by atoms with Gasteiger partial charge in [-0.2, -0.15) is 5.10 Å². The van der Waals surface area contributed by atoms with E-state index < -0.39 is 5.82 Å². The van der Waals surface area contributed by atoms with Gasteiger partial charge in [0, 0.05) is 43.5 Å². The number of methoxy groups -OCH3 is 1. The van der Waals surface area contributed by atoms with Crippen molar-refractivity contribution in [2.75, 3.05) is 31.6 Å². The van der Waals surface area contributed by atoms with Crippen molar-refractivity contribution in [1.82, 2.24) is 19.5 Å². The van der Waals surface area contributed by atoms with Crippen molar-refractivity contribution in [3.63, 3.8) is 0 Å². The van der Waals surface area contributed by atoms with E-state index in [1.165, 1.54) is 31.7 Å². The van der Waals surface area contributed by atoms with Crippen molar-refractivity contribution in [2.45, 2.75) is 45.6 Å². The number of likely N-dealkylation sites (tertiary alicyclic amines) is 1. The molecule has 2 aliphatic rings. The number of carbonyl (C=O) groups is 1. The van der Waals surface area contributed by atoms with Gasteiger partial charge in [0.25, 0.3) is 5.91 Å². The lowest BCUT2D eigenvalue weighted by molar-refractivity contribution is 0.0602. The molecular weight excluding hydrogens is 421 g/mol. The Bertz CT molecular complexity index is 1190. The highest BCUT2D eigenvalue weighted by Gasteiger charge is 2.32. The van der Waals surface area contributed by atoms with Crippen LogP contribution in [0.3, 0.4) is 0 Å². The van der Waals surface area contributed by atoms with Gasteiger partial charge < -0.3 is 14.5 Å². The molecule has 2 saturated heterocycles. The quantitative estimate of drug-likeness (QED) is 0.588. The van der Waals surface area contributed by atoms with Crippen LogP contribution in [0.15, 0.2) is 30.5 Å². The van der Waals surface area contributed by atoms with Crippen LogP contribution < -0.4 is 9.64 Å². The second-order valence-electron chi connectivity index (χ2n) is 9.31. The Labute approximate surface area is 193 Å². The van der Waals surface area contributed by atoms with Crippen molar-refractivity contribution in [2.24, 2.45) is 5.92 Å². The standard InChI is InChI=1S/C25H30FN5O2/c1-16-9-11-29(14-16)24-17(2)15-31-23(27-24)13-20(28-31)21-6-4-5-10-30(21)25(32)19-8-7-18(26)12-22(19)33-3/h7-8,12-13,15-16,21H,4-6,9-11,14H2,1-3H3/t16-,21-/m0/s1. The van der Waals surface area contributed by atoms with E-state index in [-0.39, 0.29) is 17.7 Å². The molecule has 0 N–H and O–H groups in total. The monoisotopic (exact) mass is 451 g/mol. The molecular formula is C25H30FN5O2. The molecule has 174 valence electrons. The van der Waals surface area contributed by atoms with Crippen molar-refractivity contribution < 1.29 is 13.9 Å². The van der Waals surface area contributed by atoms with Gasteiger partial charge in [-0.15, -0.1) is 0 Å². The fourth-order valence-corrected chi connectivity index (χ4v) is 5.11. The largest absolute Gasteiger partial charge is 0.496 e. The Morgan fingerprint density at radius 3 is 2.79 bits per heavy atom. The van der Waals surface area contributed by atoms with Gasteiger partial charge in [0.1, 0.15) is 17.4 Å². The van der Waals surface area contributed by atoms with E-state index in [2.05, 4.69) is 18.7 Å². The average molecular weight is 452 g/mol. The van der Waals surface area contributed by atoms with E-state index in [0.29, 0.717) is 18.0 Å². The first-order chi connectivity index (χ1) is 15.9. The number of hydrogen-bond acceptors (Lipinski definition) is 5. The van der Waals surface area contributed by atoms with Crippen LogP contribution in [0.1, 0.15) is 60.3 Å². The number of anilines is 1. The molecule has 2 aliphatic heterocycles. The highest BCUT2D eigenvalue weighted by Crippen LogP contribution is 2.34. The minimum Gasteiger partial charge on any atom is -0.496 e. The van der Waals surface area contributed by atoms with Crippen LogP contribution in [0.25, 0.3) is 5.65 Å². The summed E-state index contributed by atoms with van der Waals surface area (Å²) in [5, 5.41) is 4.81. The van der Waals surface area contributed by atoms with Crippen molar-refractivity contribution in [3.05, 3.63) is 53.1 Å². The zero-order valence-corrected chi connectivity index (χ0v) is 19.4. The zero-order valence-electron chi connectivity index (χ0n) is 19.4. The predicted octanol–water partition coefficient (Wildman–Crippen LogP) is 4.40. The summed E-state index contributed by atoms with van der Waals surface area (Å²) in [4.78, 5) is 22.6. The van der Waals surface area contributed by atoms with Crippen molar-refractivity contribution >= 4 is 17.4 Å². The van der Waals surface area contributed by atoms with Crippen LogP contribution in [0.4, 0.5) is 10.2 Å². The third-order valence-corrected chi connectivity index (χ3v) is 6.85. The number of fused-ring (bicyclic) bond motifs is 1. The van der Waals surface area contributed by atoms with Crippen molar-refractivity contribution in [3.8, 4) is 5.75 Å². The second kappa shape index (κ2) is 8.65. The molecule has 7 nitrogen and oxygen atoms in total. The molecule has 0 radical (unpaired) electrons. The first-order valence-corrected chi connectivity index (χ1v) is 11.7. The SMILES string of the molecule is COc1cc(F)ccc1C(=O)N1CCCC[C@H]1c1cc2nc(N3CC[C@H](C)C3)c(C)cn2n1. The van der Waals surface area contributed by atoms with E-state index in [1.54, 1.807) is 0 Å². The van der Waals surface area contributed by atoms with Gasteiger partial charge in [-0.1, -0.05) is 6.92 Å². The van der Waals surface area contributed by atoms with Crippen molar-refractivity contribution in [1.29, 1.82) is 0 Å². The molecule has 5 rings (SSSR count). The van der Waals surface area contributed by atoms with Crippen LogP contribution >= 0.6 is 0 Å². The molecule has 0 bridgehead atoms. The Morgan fingerprint density at radius 1 is 1.18 bits per heavy atom. The molecule has 0 aliphatic carbocycles. The first-order valence-electron chi connectivity index (χ1n) is 11.7. The van der Waals surface area contributed by atoms with E-state index >= 15 is 0 Å². The zero-order chi connectivity index (χ0) is 23.1. The summed E-state index contributed by atoms with van der Waals surface area (Å²) in [7, 11) is 1.45. The summed E-state index contributed by atoms with van der Waals surface area (Å²) in [6.45, 7) is 7.02. The van der Waals surface area contributed by atoms with Gasteiger partial charge in [-0.25, -0.2) is 13.9 Å². The van der Waals surface area contributed by atoms with Crippen LogP contribution in [-0.2, 0) is 0 Å². The van der Waals surface area contributed by atoms with E-state index in [4.69, 9.17) is 14.8 Å². The van der Waals surface area contributed by atoms with E-state index in [0.717, 1.165) is 55.1 Å². The summed E-state index contributed by atoms with van der Waals surface area (Å²) >= 11 is 0. The fraction of sp³-hybridized carbons (Fsp3) is 0.480. The van der Waals surface area contributed by atoms with E-state index in [1.807, 2.05) is 21.7 Å². The number of hydrogen-bond donors (Lipinski definition) is 0. The Balaban J connectivity index is 1.48. The van der Waals surface area contributed by atoms with Gasteiger partial charge in [0.05, 0.1) is 24.4 Å². The van der Waals surface area contributed by atoms with Crippen LogP contribution in [0.5, 0.6) is 5.75 Å². The Kier molecular flexibility index (Phi) is 5.68. The molecule has 0 spiro atoms. The summed E-state index contributed by atoms with van der Waals surface area (Å²) < 4.78 is 20.8. The highest BCUT2D eigenvalue weighted by atomic mass is 19.1. The van der Waals surface area contributed by atoms with Gasteiger partial charge in [-0.05, 0) is 50.7 Å². The smallest absolute Gasteiger partial charge is 0.258 e. The van der Waals surface area contributed by atoms with Gasteiger partial charge >= 0.3 is 0 Å². The topological polar surface area (TPSA) is 63.0 Å². The summed E-state index contributed by atoms with van der Waals surface area (Å²) in [6.07, 6.45) is 5.99. The number of rotatable bonds is 4. The molecule has 1 amide bonds. The van der Waals surface area contributed by atoms with Crippen LogP contribution in [0, 0.1) is 18.7 Å². The molecule has 2 aromatic heterocycles. The minimum atomic E-state index is -0.427. The number of halogens is 1. The number of amides is 1. The number of aryl methyl sites for hydroxylation is 1. The molecule has 2 fully saturated rings. The lowest BCUT2D eigenvalue weighted by Crippen LogP contribution is -2.38. The first kappa shape index (κ1) is 21.7. The number of ether oxygens (including phenoxy) is 1. The number of carbonyl (C=O) groups excluding carboxylic acids is 1. The van der Waals surface area contributed by atoms with E-state index in [9.17, 15) is 9.18 Å². The lowest BCUT2D eigenvalue weighted by Gasteiger charge is -2.35. The normalized spacial score (nSPS) is 21.1. The highest BCUT2D eigenvalue weighted by molar-refractivity contribution is 5.97. The Hall–Kier alpha value is -3.16. The average Bonchev–Trinajstić information content (AvgIpc) is 3.43. The van der Waals surface area contributed by atoms with Crippen LogP contribution in [0.2, 0.25) is 0 Å². The fourth-order valence-electron chi connectivity index (χ4n) is 5.11. The summed E-state index contributed by atoms with van der Waals surface area (Å²) in [5.74, 6) is 1.35. The van der Waals surface area contributed by atoms with Crippen LogP contribution in [-0.4, -0.2) is 52.1 Å². The number of benzene rings is 1. The molecule has 3 aromatic rings. The number of piperidine rings is 1. The second-order valence-corrected chi connectivity index (χ2v) is 9.31. The number of nitrogens with zero attached hydrogens (tertiary/aromatic N) is 5. The molecule has 33 heavy (non-hydrogen) atoms. The molecule has 4 heterocycles. The van der Waals surface area contributed by atoms with Gasteiger partial charge in [0.15, 0.2) is 5.65 Å². The van der Waals surface area contributed by atoms with Gasteiger partial charge in [-0.3, -0.25) is 4.79 Å². The summed E-state index contributed by atoms with van der Waals surface area (Å²) in [6, 6.07) is 5.90. The predicted molar refractivity (Wildman–Crippen MR) is 124 cm³/mol. The number of aromatic nitrogens is 3.